The Kier molecular flexibility index (Phi) is 4.69. The van der Waals surface area contributed by atoms with Gasteiger partial charge in [0.25, 0.3) is 0 Å². The van der Waals surface area contributed by atoms with Gasteiger partial charge < -0.3 is 4.48 Å². The van der Waals surface area contributed by atoms with Crippen LogP contribution in [0.5, 0.6) is 0 Å². The molecule has 0 amide bonds. The number of hydrogen-bond donors (Lipinski definition) is 0. The Morgan fingerprint density at radius 1 is 1.23 bits per heavy atom. The number of hydrogen-bond acceptors (Lipinski definition) is 0. The number of quaternary nitrogens is 1. The molecular formula is C12H26N+. The molecule has 78 valence electrons. The van der Waals surface area contributed by atoms with Crippen LogP contribution in [0.25, 0.3) is 0 Å². The first-order valence-corrected chi connectivity index (χ1v) is 5.20. The highest BCUT2D eigenvalue weighted by Crippen LogP contribution is 2.21. The first-order chi connectivity index (χ1) is 5.74. The van der Waals surface area contributed by atoms with Gasteiger partial charge in [0.1, 0.15) is 0 Å². The molecular weight excluding hydrogens is 158 g/mol. The molecule has 0 rings (SSSR count). The summed E-state index contributed by atoms with van der Waals surface area (Å²) in [7, 11) is 6.74. The van der Waals surface area contributed by atoms with E-state index in [0.717, 1.165) is 10.4 Å². The van der Waals surface area contributed by atoms with Gasteiger partial charge in [0, 0.05) is 0 Å². The molecule has 0 saturated heterocycles. The zero-order chi connectivity index (χ0) is 10.6. The predicted molar refractivity (Wildman–Crippen MR) is 60.7 cm³/mol. The fourth-order valence-electron chi connectivity index (χ4n) is 1.33. The van der Waals surface area contributed by atoms with E-state index in [2.05, 4.69) is 48.5 Å². The molecule has 13 heavy (non-hydrogen) atoms. The number of rotatable bonds is 5. The smallest absolute Gasteiger partial charge is 0.0783 e. The fraction of sp³-hybridized carbons (Fsp3) is 0.833. The zero-order valence-electron chi connectivity index (χ0n) is 10.2. The van der Waals surface area contributed by atoms with Crippen LogP contribution in [0.4, 0.5) is 0 Å². The second kappa shape index (κ2) is 4.80. The lowest BCUT2D eigenvalue weighted by atomic mass is 9.88. The van der Waals surface area contributed by atoms with E-state index in [9.17, 15) is 0 Å². The largest absolute Gasteiger partial charge is 0.331 e. The van der Waals surface area contributed by atoms with Crippen molar-refractivity contribution < 1.29 is 4.48 Å². The Hall–Kier alpha value is -0.300. The molecule has 0 heterocycles. The molecule has 0 aliphatic rings. The van der Waals surface area contributed by atoms with Crippen molar-refractivity contribution in [3.8, 4) is 0 Å². The van der Waals surface area contributed by atoms with Crippen molar-refractivity contribution in [2.75, 3.05) is 27.7 Å². The maximum atomic E-state index is 4.02. The van der Waals surface area contributed by atoms with Gasteiger partial charge in [-0.3, -0.25) is 0 Å². The molecule has 0 spiro atoms. The lowest BCUT2D eigenvalue weighted by Gasteiger charge is -2.27. The standard InChI is InChI=1S/C12H26N/c1-10(2)12(4)11(3)8-9-13(5,6)7/h11-12H,1,8-9H2,2-7H3/q+1. The molecule has 0 aliphatic heterocycles. The van der Waals surface area contributed by atoms with Crippen molar-refractivity contribution >= 4 is 0 Å². The summed E-state index contributed by atoms with van der Waals surface area (Å²) >= 11 is 0. The maximum Gasteiger partial charge on any atom is 0.0783 e. The molecule has 0 aliphatic carbocycles. The van der Waals surface area contributed by atoms with Gasteiger partial charge in [0.2, 0.25) is 0 Å². The minimum Gasteiger partial charge on any atom is -0.331 e. The first kappa shape index (κ1) is 12.7. The Balaban J connectivity index is 3.88. The summed E-state index contributed by atoms with van der Waals surface area (Å²) in [6.07, 6.45) is 1.29. The van der Waals surface area contributed by atoms with Crippen molar-refractivity contribution in [2.45, 2.75) is 27.2 Å². The second-order valence-electron chi connectivity index (χ2n) is 5.41. The summed E-state index contributed by atoms with van der Waals surface area (Å²) in [5.41, 5.74) is 1.31. The van der Waals surface area contributed by atoms with Crippen LogP contribution >= 0.6 is 0 Å². The molecule has 0 fully saturated rings. The van der Waals surface area contributed by atoms with Crippen molar-refractivity contribution in [1.29, 1.82) is 0 Å². The van der Waals surface area contributed by atoms with E-state index in [-0.39, 0.29) is 0 Å². The highest BCUT2D eigenvalue weighted by Gasteiger charge is 2.16. The van der Waals surface area contributed by atoms with E-state index in [1.807, 2.05) is 0 Å². The fourth-order valence-corrected chi connectivity index (χ4v) is 1.33. The van der Waals surface area contributed by atoms with Crippen LogP contribution in [0, 0.1) is 11.8 Å². The third kappa shape index (κ3) is 5.87. The van der Waals surface area contributed by atoms with Gasteiger partial charge in [-0.2, -0.15) is 0 Å². The van der Waals surface area contributed by atoms with E-state index in [4.69, 9.17) is 0 Å². The van der Waals surface area contributed by atoms with Crippen molar-refractivity contribution in [3.05, 3.63) is 12.2 Å². The molecule has 2 atom stereocenters. The van der Waals surface area contributed by atoms with Crippen LogP contribution in [0.3, 0.4) is 0 Å². The van der Waals surface area contributed by atoms with Gasteiger partial charge >= 0.3 is 0 Å². The van der Waals surface area contributed by atoms with E-state index in [1.54, 1.807) is 0 Å². The van der Waals surface area contributed by atoms with E-state index < -0.39 is 0 Å². The van der Waals surface area contributed by atoms with E-state index in [1.165, 1.54) is 18.5 Å². The molecule has 0 N–H and O–H groups in total. The summed E-state index contributed by atoms with van der Waals surface area (Å²) in [6.45, 7) is 12.0. The van der Waals surface area contributed by atoms with Crippen LogP contribution in [0.2, 0.25) is 0 Å². The quantitative estimate of drug-likeness (QED) is 0.455. The lowest BCUT2D eigenvalue weighted by Crippen LogP contribution is -2.36. The molecule has 0 saturated carbocycles. The summed E-state index contributed by atoms with van der Waals surface area (Å²) in [5.74, 6) is 1.42. The molecule has 1 nitrogen and oxygen atoms in total. The third-order valence-electron chi connectivity index (χ3n) is 2.89. The minimum absolute atomic E-state index is 0.659. The first-order valence-electron chi connectivity index (χ1n) is 5.20. The van der Waals surface area contributed by atoms with E-state index in [0.29, 0.717) is 5.92 Å². The summed E-state index contributed by atoms with van der Waals surface area (Å²) in [6, 6.07) is 0. The lowest BCUT2D eigenvalue weighted by molar-refractivity contribution is -0.871. The van der Waals surface area contributed by atoms with Crippen LogP contribution in [-0.2, 0) is 0 Å². The SMILES string of the molecule is C=C(C)C(C)C(C)CC[N+](C)(C)C. The minimum atomic E-state index is 0.659. The van der Waals surface area contributed by atoms with Gasteiger partial charge in [0.15, 0.2) is 0 Å². The van der Waals surface area contributed by atoms with Gasteiger partial charge in [0.05, 0.1) is 27.7 Å². The predicted octanol–water partition coefficient (Wildman–Crippen LogP) is 2.93. The summed E-state index contributed by atoms with van der Waals surface area (Å²) < 4.78 is 1.06. The van der Waals surface area contributed by atoms with Crippen LogP contribution in [0.15, 0.2) is 12.2 Å². The Morgan fingerprint density at radius 3 is 2.00 bits per heavy atom. The maximum absolute atomic E-state index is 4.02. The topological polar surface area (TPSA) is 0 Å². The molecule has 0 aromatic heterocycles. The normalized spacial score (nSPS) is 16.8. The Bertz CT molecular complexity index is 164. The van der Waals surface area contributed by atoms with Crippen LogP contribution < -0.4 is 0 Å². The Morgan fingerprint density at radius 2 is 1.69 bits per heavy atom. The van der Waals surface area contributed by atoms with Crippen LogP contribution in [0.1, 0.15) is 27.2 Å². The second-order valence-corrected chi connectivity index (χ2v) is 5.41. The van der Waals surface area contributed by atoms with Gasteiger partial charge in [-0.15, -0.1) is 0 Å². The van der Waals surface area contributed by atoms with Crippen molar-refractivity contribution in [2.24, 2.45) is 11.8 Å². The van der Waals surface area contributed by atoms with Crippen molar-refractivity contribution in [1.82, 2.24) is 0 Å². The van der Waals surface area contributed by atoms with Gasteiger partial charge in [-0.1, -0.05) is 26.0 Å². The Labute approximate surface area is 84.0 Å². The van der Waals surface area contributed by atoms with Gasteiger partial charge in [-0.05, 0) is 25.2 Å². The average molecular weight is 184 g/mol. The molecule has 0 radical (unpaired) electrons. The summed E-state index contributed by atoms with van der Waals surface area (Å²) in [4.78, 5) is 0. The van der Waals surface area contributed by atoms with Gasteiger partial charge in [-0.25, -0.2) is 0 Å². The molecule has 1 heteroatoms. The molecule has 2 unspecified atom stereocenters. The van der Waals surface area contributed by atoms with Crippen molar-refractivity contribution in [3.63, 3.8) is 0 Å². The average Bonchev–Trinajstić information content (AvgIpc) is 1.97. The number of allylic oxidation sites excluding steroid dienone is 1. The third-order valence-corrected chi connectivity index (χ3v) is 2.89. The molecule has 0 bridgehead atoms. The van der Waals surface area contributed by atoms with Crippen LogP contribution in [-0.4, -0.2) is 32.2 Å². The molecule has 0 aromatic carbocycles. The number of nitrogens with zero attached hydrogens (tertiary/aromatic N) is 1. The monoisotopic (exact) mass is 184 g/mol. The highest BCUT2D eigenvalue weighted by molar-refractivity contribution is 4.95. The van der Waals surface area contributed by atoms with E-state index >= 15 is 0 Å². The molecule has 0 aromatic rings. The highest BCUT2D eigenvalue weighted by atomic mass is 15.3. The summed E-state index contributed by atoms with van der Waals surface area (Å²) in [5, 5.41) is 0. The zero-order valence-corrected chi connectivity index (χ0v) is 10.2.